The molecule has 0 bridgehead atoms. The van der Waals surface area contributed by atoms with E-state index in [0.29, 0.717) is 0 Å². The van der Waals surface area contributed by atoms with E-state index in [1.54, 1.807) is 0 Å². The van der Waals surface area contributed by atoms with Gasteiger partial charge in [0.1, 0.15) is 0 Å². The first-order chi connectivity index (χ1) is 10.3. The first kappa shape index (κ1) is 15.9. The molecule has 0 saturated heterocycles. The molecule has 0 aliphatic carbocycles. The fourth-order valence-corrected chi connectivity index (χ4v) is 2.79. The molecule has 1 aromatic heterocycles. The van der Waals surface area contributed by atoms with E-state index in [0.717, 1.165) is 11.9 Å². The highest BCUT2D eigenvalue weighted by Gasteiger charge is 2.10. The van der Waals surface area contributed by atoms with Crippen LogP contribution in [0.2, 0.25) is 0 Å². The van der Waals surface area contributed by atoms with Crippen LogP contribution in [-0.2, 0) is 0 Å². The van der Waals surface area contributed by atoms with Crippen LogP contribution in [-0.4, -0.2) is 4.98 Å². The number of hydrogen-bond donors (Lipinski definition) is 2. The van der Waals surface area contributed by atoms with Crippen molar-refractivity contribution in [3.8, 4) is 0 Å². The number of nitrogens with one attached hydrogen (secondary N) is 1. The molecule has 2 rings (SSSR count). The predicted octanol–water partition coefficient (Wildman–Crippen LogP) is 4.49. The van der Waals surface area contributed by atoms with Gasteiger partial charge < -0.3 is 0 Å². The first-order valence-corrected chi connectivity index (χ1v) is 8.16. The van der Waals surface area contributed by atoms with Crippen LogP contribution in [0.4, 0.5) is 0 Å². The average molecular weight is 285 g/mol. The fourth-order valence-electron chi connectivity index (χ4n) is 2.79. The Morgan fingerprint density at radius 2 is 1.90 bits per heavy atom. The number of benzene rings is 1. The van der Waals surface area contributed by atoms with Gasteiger partial charge in [-0.2, -0.15) is 0 Å². The van der Waals surface area contributed by atoms with Crippen LogP contribution >= 0.6 is 0 Å². The van der Waals surface area contributed by atoms with Gasteiger partial charge in [0, 0.05) is 17.6 Å². The van der Waals surface area contributed by atoms with E-state index in [4.69, 9.17) is 5.84 Å². The topological polar surface area (TPSA) is 50.9 Å². The minimum Gasteiger partial charge on any atom is -0.271 e. The van der Waals surface area contributed by atoms with Crippen molar-refractivity contribution in [2.24, 2.45) is 5.84 Å². The molecule has 0 amide bonds. The molecule has 0 aliphatic heterocycles. The van der Waals surface area contributed by atoms with Crippen molar-refractivity contribution in [3.63, 3.8) is 0 Å². The van der Waals surface area contributed by atoms with E-state index in [2.05, 4.69) is 41.6 Å². The predicted molar refractivity (Wildman–Crippen MR) is 89.8 cm³/mol. The number of rotatable bonds is 9. The SMILES string of the molecule is CCCCCCCCC(NN)c1ccc2ncccc2c1. The number of unbranched alkanes of at least 4 members (excludes halogenated alkanes) is 5. The van der Waals surface area contributed by atoms with Crippen molar-refractivity contribution in [1.29, 1.82) is 0 Å². The molecule has 1 aromatic carbocycles. The summed E-state index contributed by atoms with van der Waals surface area (Å²) in [6.45, 7) is 2.25. The standard InChI is InChI=1S/C18H27N3/c1-2-3-4-5-6-7-10-18(21-19)16-11-12-17-15(14-16)9-8-13-20-17/h8-9,11-14,18,21H,2-7,10,19H2,1H3. The van der Waals surface area contributed by atoms with Crippen LogP contribution in [0, 0.1) is 0 Å². The van der Waals surface area contributed by atoms with Crippen molar-refractivity contribution in [2.45, 2.75) is 57.9 Å². The van der Waals surface area contributed by atoms with Crippen molar-refractivity contribution in [1.82, 2.24) is 10.4 Å². The maximum absolute atomic E-state index is 5.75. The lowest BCUT2D eigenvalue weighted by Crippen LogP contribution is -2.27. The van der Waals surface area contributed by atoms with E-state index in [1.165, 1.54) is 49.5 Å². The monoisotopic (exact) mass is 285 g/mol. The minimum absolute atomic E-state index is 0.237. The maximum Gasteiger partial charge on any atom is 0.0702 e. The Labute approximate surface area is 127 Å². The van der Waals surface area contributed by atoms with Crippen LogP contribution in [0.5, 0.6) is 0 Å². The number of nitrogens with two attached hydrogens (primary N) is 1. The summed E-state index contributed by atoms with van der Waals surface area (Å²) in [5, 5.41) is 1.18. The summed E-state index contributed by atoms with van der Waals surface area (Å²) < 4.78 is 0. The molecule has 0 saturated carbocycles. The van der Waals surface area contributed by atoms with Crippen LogP contribution in [0.25, 0.3) is 10.9 Å². The van der Waals surface area contributed by atoms with E-state index < -0.39 is 0 Å². The maximum atomic E-state index is 5.75. The number of aromatic nitrogens is 1. The van der Waals surface area contributed by atoms with E-state index in [9.17, 15) is 0 Å². The Kier molecular flexibility index (Phi) is 6.64. The molecule has 2 aromatic rings. The van der Waals surface area contributed by atoms with E-state index in [1.807, 2.05) is 12.3 Å². The van der Waals surface area contributed by atoms with Crippen molar-refractivity contribution in [2.75, 3.05) is 0 Å². The van der Waals surface area contributed by atoms with Gasteiger partial charge in [-0.05, 0) is 30.2 Å². The summed E-state index contributed by atoms with van der Waals surface area (Å²) in [6.07, 6.45) is 10.8. The summed E-state index contributed by atoms with van der Waals surface area (Å²) in [5.41, 5.74) is 5.26. The van der Waals surface area contributed by atoms with Gasteiger partial charge in [-0.1, -0.05) is 57.6 Å². The normalized spacial score (nSPS) is 12.7. The van der Waals surface area contributed by atoms with Gasteiger partial charge in [0.05, 0.1) is 5.52 Å². The smallest absolute Gasteiger partial charge is 0.0702 e. The van der Waals surface area contributed by atoms with Crippen molar-refractivity contribution < 1.29 is 0 Å². The summed E-state index contributed by atoms with van der Waals surface area (Å²) in [7, 11) is 0. The third-order valence-electron chi connectivity index (χ3n) is 4.08. The molecule has 0 fully saturated rings. The van der Waals surface area contributed by atoms with Crippen LogP contribution in [0.3, 0.4) is 0 Å². The largest absolute Gasteiger partial charge is 0.271 e. The van der Waals surface area contributed by atoms with Gasteiger partial charge in [-0.3, -0.25) is 16.3 Å². The Morgan fingerprint density at radius 1 is 1.10 bits per heavy atom. The second kappa shape index (κ2) is 8.75. The second-order valence-electron chi connectivity index (χ2n) is 5.73. The third kappa shape index (κ3) is 4.80. The lowest BCUT2D eigenvalue weighted by Gasteiger charge is -2.16. The van der Waals surface area contributed by atoms with E-state index in [-0.39, 0.29) is 6.04 Å². The molecule has 1 unspecified atom stereocenters. The van der Waals surface area contributed by atoms with Crippen LogP contribution < -0.4 is 11.3 Å². The second-order valence-corrected chi connectivity index (χ2v) is 5.73. The molecule has 1 heterocycles. The number of hydrogen-bond acceptors (Lipinski definition) is 3. The molecule has 0 aliphatic rings. The Bertz CT molecular complexity index is 539. The number of fused-ring (bicyclic) bond motifs is 1. The lowest BCUT2D eigenvalue weighted by molar-refractivity contribution is 0.477. The third-order valence-corrected chi connectivity index (χ3v) is 4.08. The Balaban J connectivity index is 1.89. The zero-order chi connectivity index (χ0) is 14.9. The molecule has 114 valence electrons. The molecule has 1 atom stereocenters. The Hall–Kier alpha value is -1.45. The Morgan fingerprint density at radius 3 is 2.71 bits per heavy atom. The molecule has 3 N–H and O–H groups in total. The number of nitrogens with zero attached hydrogens (tertiary/aromatic N) is 1. The van der Waals surface area contributed by atoms with Gasteiger partial charge in [0.25, 0.3) is 0 Å². The molecule has 0 radical (unpaired) electrons. The van der Waals surface area contributed by atoms with Crippen LogP contribution in [0.1, 0.15) is 63.5 Å². The quantitative estimate of drug-likeness (QED) is 0.405. The first-order valence-electron chi connectivity index (χ1n) is 8.16. The molecule has 3 nitrogen and oxygen atoms in total. The lowest BCUT2D eigenvalue weighted by atomic mass is 9.98. The van der Waals surface area contributed by atoms with Gasteiger partial charge in [-0.15, -0.1) is 0 Å². The van der Waals surface area contributed by atoms with Crippen LogP contribution in [0.15, 0.2) is 36.5 Å². The summed E-state index contributed by atoms with van der Waals surface area (Å²) in [4.78, 5) is 4.36. The highest BCUT2D eigenvalue weighted by molar-refractivity contribution is 5.79. The summed E-state index contributed by atoms with van der Waals surface area (Å²) in [6, 6.07) is 10.7. The molecular weight excluding hydrogens is 258 g/mol. The van der Waals surface area contributed by atoms with Gasteiger partial charge in [0.15, 0.2) is 0 Å². The van der Waals surface area contributed by atoms with Gasteiger partial charge in [0.2, 0.25) is 0 Å². The average Bonchev–Trinajstić information content (AvgIpc) is 2.54. The van der Waals surface area contributed by atoms with E-state index >= 15 is 0 Å². The van der Waals surface area contributed by atoms with Crippen molar-refractivity contribution in [3.05, 3.63) is 42.1 Å². The molecule has 3 heteroatoms. The number of hydrazine groups is 1. The molecule has 0 spiro atoms. The number of pyridine rings is 1. The molecular formula is C18H27N3. The highest BCUT2D eigenvalue weighted by atomic mass is 15.2. The summed E-state index contributed by atoms with van der Waals surface area (Å²) in [5.74, 6) is 5.75. The van der Waals surface area contributed by atoms with Crippen molar-refractivity contribution >= 4 is 10.9 Å². The summed E-state index contributed by atoms with van der Waals surface area (Å²) >= 11 is 0. The highest BCUT2D eigenvalue weighted by Crippen LogP contribution is 2.23. The zero-order valence-electron chi connectivity index (χ0n) is 13.0. The zero-order valence-corrected chi connectivity index (χ0v) is 13.0. The van der Waals surface area contributed by atoms with Gasteiger partial charge in [-0.25, -0.2) is 0 Å². The minimum atomic E-state index is 0.237. The molecule has 21 heavy (non-hydrogen) atoms. The fraction of sp³-hybridized carbons (Fsp3) is 0.500. The van der Waals surface area contributed by atoms with Gasteiger partial charge >= 0.3 is 0 Å².